The van der Waals surface area contributed by atoms with E-state index in [0.29, 0.717) is 4.90 Å². The van der Waals surface area contributed by atoms with Gasteiger partial charge in [-0.05, 0) is 12.1 Å². The highest BCUT2D eigenvalue weighted by atomic mass is 32.2. The smallest absolute Gasteiger partial charge is 0.210 e. The number of carbonyl (C=O) groups is 1. The number of hydrogen-bond donors (Lipinski definition) is 4. The molecule has 7 heteroatoms. The van der Waals surface area contributed by atoms with Crippen LogP contribution in [0.5, 0.6) is 0 Å². The third kappa shape index (κ3) is 3.42. The Balaban J connectivity index is 2.07. The zero-order valence-corrected chi connectivity index (χ0v) is 14.6. The lowest BCUT2D eigenvalue weighted by molar-refractivity contribution is -0.226. The predicted octanol–water partition coefficient (Wildman–Crippen LogP) is 0.832. The van der Waals surface area contributed by atoms with Crippen LogP contribution < -0.4 is 0 Å². The maximum absolute atomic E-state index is 13.3. The van der Waals surface area contributed by atoms with Crippen LogP contribution in [-0.4, -0.2) is 62.2 Å². The quantitative estimate of drug-likeness (QED) is 0.573. The summed E-state index contributed by atoms with van der Waals surface area (Å²) in [5, 5.41) is 40.6. The van der Waals surface area contributed by atoms with Gasteiger partial charge in [0.1, 0.15) is 24.4 Å². The van der Waals surface area contributed by atoms with Crippen molar-refractivity contribution < 1.29 is 30.0 Å². The molecule has 6 nitrogen and oxygen atoms in total. The summed E-state index contributed by atoms with van der Waals surface area (Å²) < 4.78 is 5.74. The van der Waals surface area contributed by atoms with Gasteiger partial charge < -0.3 is 25.2 Å². The van der Waals surface area contributed by atoms with E-state index in [-0.39, 0.29) is 5.56 Å². The summed E-state index contributed by atoms with van der Waals surface area (Å²) >= 11 is 0.944. The molecule has 0 spiro atoms. The fourth-order valence-electron chi connectivity index (χ4n) is 2.91. The molecule has 2 aromatic carbocycles. The molecule has 0 radical (unpaired) electrons. The summed E-state index contributed by atoms with van der Waals surface area (Å²) in [6.07, 6.45) is -6.07. The van der Waals surface area contributed by atoms with E-state index in [1.807, 2.05) is 6.07 Å². The van der Waals surface area contributed by atoms with E-state index < -0.39 is 41.7 Å². The van der Waals surface area contributed by atoms with Crippen molar-refractivity contribution in [2.24, 2.45) is 0 Å². The maximum Gasteiger partial charge on any atom is 0.210 e. The van der Waals surface area contributed by atoms with Crippen LogP contribution in [-0.2, 0) is 4.74 Å². The summed E-state index contributed by atoms with van der Waals surface area (Å²) in [5.74, 6) is -0.552. The molecular weight excluding hydrogens is 356 g/mol. The summed E-state index contributed by atoms with van der Waals surface area (Å²) in [6, 6.07) is 17.1. The third-order valence-electron chi connectivity index (χ3n) is 4.32. The van der Waals surface area contributed by atoms with Crippen LogP contribution in [0.2, 0.25) is 0 Å². The van der Waals surface area contributed by atoms with Crippen molar-refractivity contribution >= 4 is 17.5 Å². The molecule has 138 valence electrons. The van der Waals surface area contributed by atoms with E-state index in [0.717, 1.165) is 11.8 Å². The Morgan fingerprint density at radius 2 is 1.54 bits per heavy atom. The number of hydrogen-bond acceptors (Lipinski definition) is 7. The van der Waals surface area contributed by atoms with Crippen LogP contribution in [0, 0.1) is 0 Å². The average Bonchev–Trinajstić information content (AvgIpc) is 2.69. The molecule has 0 aliphatic carbocycles. The van der Waals surface area contributed by atoms with Gasteiger partial charge in [0.25, 0.3) is 0 Å². The second-order valence-corrected chi connectivity index (χ2v) is 7.32. The molecule has 1 unspecified atom stereocenters. The minimum atomic E-state index is -1.91. The average molecular weight is 376 g/mol. The SMILES string of the molecule is O=C(c1ccccc1)C1(Sc2ccccc2)O[C@H](CO)[C@@H](O)[C@@H](O)[C@@H]1O. The molecule has 0 saturated carbocycles. The van der Waals surface area contributed by atoms with Crippen molar-refractivity contribution in [3.63, 3.8) is 0 Å². The van der Waals surface area contributed by atoms with Gasteiger partial charge in [0.05, 0.1) is 6.61 Å². The molecule has 0 amide bonds. The van der Waals surface area contributed by atoms with Gasteiger partial charge in [-0.25, -0.2) is 0 Å². The number of aliphatic hydroxyl groups is 4. The first-order chi connectivity index (χ1) is 12.5. The largest absolute Gasteiger partial charge is 0.394 e. The Morgan fingerprint density at radius 3 is 2.12 bits per heavy atom. The molecule has 5 atom stereocenters. The van der Waals surface area contributed by atoms with Crippen molar-refractivity contribution in [1.82, 2.24) is 0 Å². The number of aliphatic hydroxyl groups excluding tert-OH is 4. The first-order valence-electron chi connectivity index (χ1n) is 8.16. The van der Waals surface area contributed by atoms with Gasteiger partial charge in [0.2, 0.25) is 10.7 Å². The lowest BCUT2D eigenvalue weighted by Crippen LogP contribution is -2.66. The monoisotopic (exact) mass is 376 g/mol. The van der Waals surface area contributed by atoms with Gasteiger partial charge in [0.15, 0.2) is 0 Å². The number of benzene rings is 2. The van der Waals surface area contributed by atoms with Gasteiger partial charge >= 0.3 is 0 Å². The Morgan fingerprint density at radius 1 is 0.962 bits per heavy atom. The van der Waals surface area contributed by atoms with Crippen molar-refractivity contribution in [3.05, 3.63) is 66.2 Å². The summed E-state index contributed by atoms with van der Waals surface area (Å²) in [4.78, 5) is 12.0. The standard InChI is InChI=1S/C19H20O6S/c20-11-14-15(21)16(22)18(24)19(25-14,26-13-9-5-2-6-10-13)17(23)12-7-3-1-4-8-12/h1-10,14-16,18,20-22,24H,11H2/t14-,15-,16-,18+,19?/m1/s1. The van der Waals surface area contributed by atoms with E-state index in [1.54, 1.807) is 54.6 Å². The molecule has 26 heavy (non-hydrogen) atoms. The van der Waals surface area contributed by atoms with E-state index in [4.69, 9.17) is 4.74 Å². The molecule has 2 aromatic rings. The Labute approximate surface area is 155 Å². The summed E-state index contributed by atoms with van der Waals surface area (Å²) in [7, 11) is 0. The first-order valence-corrected chi connectivity index (χ1v) is 8.98. The molecule has 1 heterocycles. The van der Waals surface area contributed by atoms with Crippen molar-refractivity contribution in [1.29, 1.82) is 0 Å². The van der Waals surface area contributed by atoms with Gasteiger partial charge in [-0.15, -0.1) is 0 Å². The number of ketones is 1. The van der Waals surface area contributed by atoms with Crippen LogP contribution in [0.1, 0.15) is 10.4 Å². The van der Waals surface area contributed by atoms with Crippen molar-refractivity contribution in [2.75, 3.05) is 6.61 Å². The highest BCUT2D eigenvalue weighted by Crippen LogP contribution is 2.45. The van der Waals surface area contributed by atoms with E-state index in [1.165, 1.54) is 0 Å². The fraction of sp³-hybridized carbons (Fsp3) is 0.316. The Hall–Kier alpha value is -1.74. The van der Waals surface area contributed by atoms with Crippen LogP contribution in [0.15, 0.2) is 65.6 Å². The van der Waals surface area contributed by atoms with Gasteiger partial charge in [-0.3, -0.25) is 4.79 Å². The minimum Gasteiger partial charge on any atom is -0.394 e. The molecule has 0 bridgehead atoms. The normalized spacial score (nSPS) is 31.5. The van der Waals surface area contributed by atoms with Crippen LogP contribution >= 0.6 is 11.8 Å². The predicted molar refractivity (Wildman–Crippen MR) is 95.8 cm³/mol. The second kappa shape index (κ2) is 7.87. The maximum atomic E-state index is 13.3. The number of rotatable bonds is 5. The third-order valence-corrected chi connectivity index (χ3v) is 5.65. The lowest BCUT2D eigenvalue weighted by atomic mass is 9.90. The van der Waals surface area contributed by atoms with Gasteiger partial charge in [0, 0.05) is 10.5 Å². The zero-order valence-electron chi connectivity index (χ0n) is 13.8. The lowest BCUT2D eigenvalue weighted by Gasteiger charge is -2.47. The van der Waals surface area contributed by atoms with Crippen LogP contribution in [0.3, 0.4) is 0 Å². The number of ether oxygens (including phenoxy) is 1. The van der Waals surface area contributed by atoms with Gasteiger partial charge in [-0.2, -0.15) is 0 Å². The van der Waals surface area contributed by atoms with Crippen LogP contribution in [0.4, 0.5) is 0 Å². The Kier molecular flexibility index (Phi) is 5.76. The highest BCUT2D eigenvalue weighted by molar-refractivity contribution is 8.01. The first kappa shape index (κ1) is 19.0. The minimum absolute atomic E-state index is 0.287. The topological polar surface area (TPSA) is 107 Å². The van der Waals surface area contributed by atoms with Crippen LogP contribution in [0.25, 0.3) is 0 Å². The molecule has 1 aliphatic heterocycles. The molecule has 1 saturated heterocycles. The molecule has 4 N–H and O–H groups in total. The zero-order chi connectivity index (χ0) is 18.7. The Bertz CT molecular complexity index is 738. The molecular formula is C19H20O6S. The van der Waals surface area contributed by atoms with E-state index in [9.17, 15) is 25.2 Å². The number of Topliss-reactive ketones (excluding diaryl/α,β-unsaturated/α-hetero) is 1. The van der Waals surface area contributed by atoms with Crippen molar-refractivity contribution in [2.45, 2.75) is 34.2 Å². The number of thioether (sulfide) groups is 1. The fourth-order valence-corrected chi connectivity index (χ4v) is 4.20. The second-order valence-electron chi connectivity index (χ2n) is 6.04. The summed E-state index contributed by atoms with van der Waals surface area (Å²) in [5.41, 5.74) is 0.287. The summed E-state index contributed by atoms with van der Waals surface area (Å²) in [6.45, 7) is -0.607. The van der Waals surface area contributed by atoms with Crippen molar-refractivity contribution in [3.8, 4) is 0 Å². The van der Waals surface area contributed by atoms with Gasteiger partial charge in [-0.1, -0.05) is 60.3 Å². The molecule has 3 rings (SSSR count). The molecule has 1 aliphatic rings. The number of carbonyl (C=O) groups excluding carboxylic acids is 1. The molecule has 1 fully saturated rings. The molecule has 0 aromatic heterocycles. The van der Waals surface area contributed by atoms with E-state index in [2.05, 4.69) is 0 Å². The highest BCUT2D eigenvalue weighted by Gasteiger charge is 2.58. The van der Waals surface area contributed by atoms with E-state index >= 15 is 0 Å².